The fraction of sp³-hybridized carbons (Fsp3) is 0.160. The minimum atomic E-state index is -0.300. The van der Waals surface area contributed by atoms with Crippen molar-refractivity contribution in [3.8, 4) is 0 Å². The zero-order chi connectivity index (χ0) is 21.1. The summed E-state index contributed by atoms with van der Waals surface area (Å²) < 4.78 is 1.22. The molecule has 5 heteroatoms. The van der Waals surface area contributed by atoms with Crippen LogP contribution in [0, 0.1) is 0 Å². The molecule has 1 amide bonds. The number of amides is 1. The molecule has 150 valence electrons. The number of fused-ring (bicyclic) bond motifs is 1. The molecule has 0 aliphatic carbocycles. The van der Waals surface area contributed by atoms with Gasteiger partial charge in [0, 0.05) is 24.4 Å². The summed E-state index contributed by atoms with van der Waals surface area (Å²) in [5.41, 5.74) is 2.27. The number of rotatable bonds is 5. The number of carbonyl (C=O) groups excluding carboxylic acids is 1. The van der Waals surface area contributed by atoms with Gasteiger partial charge >= 0.3 is 0 Å². The fourth-order valence-corrected chi connectivity index (χ4v) is 3.92. The lowest BCUT2D eigenvalue weighted by Crippen LogP contribution is -2.39. The van der Waals surface area contributed by atoms with E-state index in [4.69, 9.17) is 0 Å². The molecule has 0 radical (unpaired) electrons. The number of hydrogen-bond donors (Lipinski definition) is 1. The Balaban J connectivity index is 1.71. The molecule has 1 atom stereocenters. The number of aromatic nitrogens is 2. The van der Waals surface area contributed by atoms with Gasteiger partial charge in [0.25, 0.3) is 11.5 Å². The Labute approximate surface area is 175 Å². The van der Waals surface area contributed by atoms with Crippen LogP contribution in [0.5, 0.6) is 0 Å². The molecule has 0 aliphatic rings. The smallest absolute Gasteiger partial charge is 0.274 e. The summed E-state index contributed by atoms with van der Waals surface area (Å²) >= 11 is 0. The van der Waals surface area contributed by atoms with Gasteiger partial charge in [-0.2, -0.15) is 5.10 Å². The van der Waals surface area contributed by atoms with Gasteiger partial charge in [0.1, 0.15) is 0 Å². The van der Waals surface area contributed by atoms with Gasteiger partial charge in [0.05, 0.1) is 5.39 Å². The SMILES string of the molecule is CC(NC(=O)c1nn(C)c(=O)c2ccccc12)C(c1ccccc1)c1ccccc1. The van der Waals surface area contributed by atoms with Gasteiger partial charge in [-0.1, -0.05) is 78.9 Å². The lowest BCUT2D eigenvalue weighted by molar-refractivity contribution is 0.0931. The van der Waals surface area contributed by atoms with Crippen LogP contribution in [0.15, 0.2) is 89.7 Å². The molecule has 3 aromatic carbocycles. The largest absolute Gasteiger partial charge is 0.347 e. The van der Waals surface area contributed by atoms with E-state index in [0.29, 0.717) is 10.8 Å². The molecule has 1 heterocycles. The maximum Gasteiger partial charge on any atom is 0.274 e. The van der Waals surface area contributed by atoms with E-state index in [0.717, 1.165) is 11.1 Å². The lowest BCUT2D eigenvalue weighted by Gasteiger charge is -2.26. The number of nitrogens with zero attached hydrogens (tertiary/aromatic N) is 2. The molecule has 0 spiro atoms. The van der Waals surface area contributed by atoms with Crippen LogP contribution in [-0.2, 0) is 7.05 Å². The van der Waals surface area contributed by atoms with Crippen molar-refractivity contribution in [3.63, 3.8) is 0 Å². The number of hydrogen-bond acceptors (Lipinski definition) is 3. The third-order valence-electron chi connectivity index (χ3n) is 5.35. The molecule has 1 N–H and O–H groups in total. The first-order chi connectivity index (χ1) is 14.6. The van der Waals surface area contributed by atoms with Crippen molar-refractivity contribution in [2.75, 3.05) is 0 Å². The van der Waals surface area contributed by atoms with Gasteiger partial charge in [-0.3, -0.25) is 9.59 Å². The van der Waals surface area contributed by atoms with Crippen molar-refractivity contribution in [2.24, 2.45) is 7.05 Å². The first-order valence-corrected chi connectivity index (χ1v) is 9.93. The van der Waals surface area contributed by atoms with Gasteiger partial charge in [0.15, 0.2) is 5.69 Å². The zero-order valence-corrected chi connectivity index (χ0v) is 16.9. The average molecular weight is 397 g/mol. The van der Waals surface area contributed by atoms with E-state index in [1.54, 1.807) is 31.3 Å². The molecule has 4 rings (SSSR count). The van der Waals surface area contributed by atoms with Gasteiger partial charge in [-0.25, -0.2) is 4.68 Å². The predicted molar refractivity (Wildman–Crippen MR) is 119 cm³/mol. The number of benzene rings is 3. The molecule has 5 nitrogen and oxygen atoms in total. The molecule has 1 unspecified atom stereocenters. The molecule has 1 aromatic heterocycles. The Bertz CT molecular complexity index is 1190. The summed E-state index contributed by atoms with van der Waals surface area (Å²) in [6.45, 7) is 1.99. The first kappa shape index (κ1) is 19.6. The van der Waals surface area contributed by atoms with Crippen LogP contribution in [0.3, 0.4) is 0 Å². The monoisotopic (exact) mass is 397 g/mol. The van der Waals surface area contributed by atoms with Crippen molar-refractivity contribution in [3.05, 3.63) is 112 Å². The van der Waals surface area contributed by atoms with Crippen LogP contribution in [0.2, 0.25) is 0 Å². The van der Waals surface area contributed by atoms with E-state index < -0.39 is 0 Å². The van der Waals surface area contributed by atoms with Crippen molar-refractivity contribution in [1.29, 1.82) is 0 Å². The summed E-state index contributed by atoms with van der Waals surface area (Å²) in [6.07, 6.45) is 0. The summed E-state index contributed by atoms with van der Waals surface area (Å²) in [7, 11) is 1.56. The first-order valence-electron chi connectivity index (χ1n) is 9.93. The Hall–Kier alpha value is -3.73. The molecule has 30 heavy (non-hydrogen) atoms. The van der Waals surface area contributed by atoms with Gasteiger partial charge in [0.2, 0.25) is 0 Å². The third-order valence-corrected chi connectivity index (χ3v) is 5.35. The van der Waals surface area contributed by atoms with Crippen molar-refractivity contribution in [2.45, 2.75) is 18.9 Å². The number of nitrogens with one attached hydrogen (secondary N) is 1. The van der Waals surface area contributed by atoms with E-state index in [1.807, 2.05) is 43.3 Å². The molecule has 0 bridgehead atoms. The summed E-state index contributed by atoms with van der Waals surface area (Å²) in [5.74, 6) is -0.318. The Kier molecular flexibility index (Phi) is 5.44. The highest BCUT2D eigenvalue weighted by molar-refractivity contribution is 6.04. The molecule has 0 fully saturated rings. The highest BCUT2D eigenvalue weighted by atomic mass is 16.2. The minimum absolute atomic E-state index is 0.0184. The number of aryl methyl sites for hydroxylation is 1. The topological polar surface area (TPSA) is 64.0 Å². The normalized spacial score (nSPS) is 12.1. The van der Waals surface area contributed by atoms with Gasteiger partial charge in [-0.05, 0) is 24.1 Å². The maximum absolute atomic E-state index is 13.2. The molecular weight excluding hydrogens is 374 g/mol. The fourth-order valence-electron chi connectivity index (χ4n) is 3.92. The van der Waals surface area contributed by atoms with E-state index >= 15 is 0 Å². The van der Waals surface area contributed by atoms with Crippen LogP contribution >= 0.6 is 0 Å². The van der Waals surface area contributed by atoms with Gasteiger partial charge < -0.3 is 5.32 Å². The van der Waals surface area contributed by atoms with Crippen molar-refractivity contribution in [1.82, 2.24) is 15.1 Å². The van der Waals surface area contributed by atoms with E-state index in [-0.39, 0.29) is 29.1 Å². The second-order valence-electron chi connectivity index (χ2n) is 7.38. The van der Waals surface area contributed by atoms with Crippen LogP contribution in [0.25, 0.3) is 10.8 Å². The molecular formula is C25H23N3O2. The van der Waals surface area contributed by atoms with Crippen LogP contribution in [0.4, 0.5) is 0 Å². The average Bonchev–Trinajstić information content (AvgIpc) is 2.78. The van der Waals surface area contributed by atoms with E-state index in [1.165, 1.54) is 4.68 Å². The minimum Gasteiger partial charge on any atom is -0.347 e. The standard InChI is InChI=1S/C25H23N3O2/c1-17(22(18-11-5-3-6-12-18)19-13-7-4-8-14-19)26-24(29)23-20-15-9-10-16-21(20)25(30)28(2)27-23/h3-17,22H,1-2H3,(H,26,29). The van der Waals surface area contributed by atoms with E-state index in [2.05, 4.69) is 34.7 Å². The van der Waals surface area contributed by atoms with Crippen LogP contribution < -0.4 is 10.9 Å². The van der Waals surface area contributed by atoms with Crippen molar-refractivity contribution >= 4 is 16.7 Å². The van der Waals surface area contributed by atoms with Crippen LogP contribution in [-0.4, -0.2) is 21.7 Å². The van der Waals surface area contributed by atoms with Gasteiger partial charge in [-0.15, -0.1) is 0 Å². The third kappa shape index (κ3) is 3.74. The van der Waals surface area contributed by atoms with E-state index in [9.17, 15) is 9.59 Å². The lowest BCUT2D eigenvalue weighted by atomic mass is 9.85. The van der Waals surface area contributed by atoms with Crippen LogP contribution in [0.1, 0.15) is 34.5 Å². The summed E-state index contributed by atoms with van der Waals surface area (Å²) in [4.78, 5) is 25.6. The highest BCUT2D eigenvalue weighted by Crippen LogP contribution is 2.28. The second-order valence-corrected chi connectivity index (χ2v) is 7.38. The molecule has 4 aromatic rings. The quantitative estimate of drug-likeness (QED) is 0.556. The Morgan fingerprint density at radius 2 is 1.33 bits per heavy atom. The number of carbonyl (C=O) groups is 1. The predicted octanol–water partition coefficient (Wildman–Crippen LogP) is 3.88. The zero-order valence-electron chi connectivity index (χ0n) is 16.9. The summed E-state index contributed by atoms with van der Waals surface area (Å²) in [5, 5.41) is 8.40. The summed E-state index contributed by atoms with van der Waals surface area (Å²) in [6, 6.07) is 27.1. The van der Waals surface area contributed by atoms with Crippen molar-refractivity contribution < 1.29 is 4.79 Å². The Morgan fingerprint density at radius 1 is 0.833 bits per heavy atom. The molecule has 0 aliphatic heterocycles. The maximum atomic E-state index is 13.2. The Morgan fingerprint density at radius 3 is 1.90 bits per heavy atom. The molecule has 0 saturated heterocycles. The second kappa shape index (κ2) is 8.33. The molecule has 0 saturated carbocycles. The highest BCUT2D eigenvalue weighted by Gasteiger charge is 2.25.